The smallest absolute Gasteiger partial charge is 0.313 e. The number of nitrogens with one attached hydrogen (secondary N) is 1. The van der Waals surface area contributed by atoms with Crippen LogP contribution < -0.4 is 5.32 Å². The Balaban J connectivity index is 1.92. The Morgan fingerprint density at radius 2 is 2.15 bits per heavy atom. The summed E-state index contributed by atoms with van der Waals surface area (Å²) in [5.74, 6) is -0.0136. The lowest BCUT2D eigenvalue weighted by Gasteiger charge is -2.35. The number of rotatable bonds is 6. The van der Waals surface area contributed by atoms with Crippen LogP contribution in [0.2, 0.25) is 0 Å². The van der Waals surface area contributed by atoms with Crippen LogP contribution in [0.3, 0.4) is 0 Å². The van der Waals surface area contributed by atoms with Crippen LogP contribution in [0.4, 0.5) is 0 Å². The van der Waals surface area contributed by atoms with Gasteiger partial charge in [-0.15, -0.1) is 0 Å². The highest BCUT2D eigenvalue weighted by Gasteiger charge is 2.40. The van der Waals surface area contributed by atoms with Crippen molar-refractivity contribution in [3.63, 3.8) is 0 Å². The van der Waals surface area contributed by atoms with Crippen LogP contribution in [0.5, 0.6) is 0 Å². The highest BCUT2D eigenvalue weighted by Crippen LogP contribution is 2.33. The van der Waals surface area contributed by atoms with Crippen LogP contribution in [-0.4, -0.2) is 25.7 Å². The van der Waals surface area contributed by atoms with Gasteiger partial charge in [-0.05, 0) is 51.1 Å². The van der Waals surface area contributed by atoms with Crippen LogP contribution in [0.25, 0.3) is 0 Å². The van der Waals surface area contributed by atoms with E-state index in [0.717, 1.165) is 45.2 Å². The molecular formula is C17H25NO2. The molecule has 0 unspecified atom stereocenters. The second kappa shape index (κ2) is 7.44. The van der Waals surface area contributed by atoms with Crippen molar-refractivity contribution in [3.8, 4) is 0 Å². The Kier molecular flexibility index (Phi) is 5.60. The number of piperidine rings is 1. The van der Waals surface area contributed by atoms with Gasteiger partial charge in [-0.25, -0.2) is 0 Å². The zero-order chi connectivity index (χ0) is 14.3. The van der Waals surface area contributed by atoms with Crippen molar-refractivity contribution in [1.29, 1.82) is 0 Å². The maximum absolute atomic E-state index is 12.3. The third-order valence-corrected chi connectivity index (χ3v) is 4.14. The normalized spacial score (nSPS) is 22.4. The minimum atomic E-state index is -0.303. The topological polar surface area (TPSA) is 38.3 Å². The molecule has 1 aromatic carbocycles. The second-order valence-corrected chi connectivity index (χ2v) is 5.62. The van der Waals surface area contributed by atoms with E-state index < -0.39 is 0 Å². The third kappa shape index (κ3) is 3.83. The van der Waals surface area contributed by atoms with Gasteiger partial charge in [0.1, 0.15) is 0 Å². The zero-order valence-electron chi connectivity index (χ0n) is 12.4. The Hall–Kier alpha value is -1.35. The summed E-state index contributed by atoms with van der Waals surface area (Å²) >= 11 is 0. The first-order valence-electron chi connectivity index (χ1n) is 7.69. The summed E-state index contributed by atoms with van der Waals surface area (Å²) in [6, 6.07) is 10.5. The van der Waals surface area contributed by atoms with Gasteiger partial charge in [0.15, 0.2) is 0 Å². The number of carbonyl (C=O) groups is 1. The van der Waals surface area contributed by atoms with E-state index in [-0.39, 0.29) is 11.4 Å². The van der Waals surface area contributed by atoms with Crippen LogP contribution in [0, 0.1) is 5.41 Å². The quantitative estimate of drug-likeness (QED) is 0.811. The lowest BCUT2D eigenvalue weighted by atomic mass is 9.76. The lowest BCUT2D eigenvalue weighted by Crippen LogP contribution is -2.46. The van der Waals surface area contributed by atoms with Crippen molar-refractivity contribution < 1.29 is 9.53 Å². The van der Waals surface area contributed by atoms with E-state index in [4.69, 9.17) is 4.74 Å². The molecule has 1 N–H and O–H groups in total. The third-order valence-electron chi connectivity index (χ3n) is 4.14. The highest BCUT2D eigenvalue weighted by atomic mass is 16.5. The predicted octanol–water partition coefficient (Wildman–Crippen LogP) is 2.94. The van der Waals surface area contributed by atoms with E-state index >= 15 is 0 Å². The maximum Gasteiger partial charge on any atom is 0.313 e. The molecule has 1 aliphatic heterocycles. The summed E-state index contributed by atoms with van der Waals surface area (Å²) in [5, 5.41) is 3.36. The van der Waals surface area contributed by atoms with E-state index in [0.29, 0.717) is 6.61 Å². The van der Waals surface area contributed by atoms with E-state index in [1.165, 1.54) is 5.56 Å². The molecule has 0 aromatic heterocycles. The molecule has 0 radical (unpaired) electrons. The molecule has 1 saturated heterocycles. The van der Waals surface area contributed by atoms with Crippen LogP contribution in [0.1, 0.15) is 38.2 Å². The molecule has 1 aliphatic rings. The predicted molar refractivity (Wildman–Crippen MR) is 80.5 cm³/mol. The average Bonchev–Trinajstić information content (AvgIpc) is 2.49. The summed E-state index contributed by atoms with van der Waals surface area (Å²) in [4.78, 5) is 12.3. The van der Waals surface area contributed by atoms with E-state index in [1.54, 1.807) is 0 Å². The molecule has 110 valence electrons. The Labute approximate surface area is 121 Å². The molecule has 3 nitrogen and oxygen atoms in total. The van der Waals surface area contributed by atoms with Crippen molar-refractivity contribution in [1.82, 2.24) is 5.32 Å². The van der Waals surface area contributed by atoms with E-state index in [1.807, 2.05) is 13.0 Å². The first-order valence-corrected chi connectivity index (χ1v) is 7.69. The fourth-order valence-electron chi connectivity index (χ4n) is 3.02. The molecule has 1 heterocycles. The first-order chi connectivity index (χ1) is 9.77. The van der Waals surface area contributed by atoms with Crippen molar-refractivity contribution >= 4 is 5.97 Å². The SMILES string of the molecule is CCOC(=O)[C@]1(CCCc2ccccc2)CCCNC1. The molecule has 1 atom stereocenters. The molecule has 2 rings (SSSR count). The van der Waals surface area contributed by atoms with Gasteiger partial charge in [-0.2, -0.15) is 0 Å². The van der Waals surface area contributed by atoms with Crippen LogP contribution in [-0.2, 0) is 16.0 Å². The van der Waals surface area contributed by atoms with Gasteiger partial charge in [-0.1, -0.05) is 30.3 Å². The van der Waals surface area contributed by atoms with Gasteiger partial charge in [0, 0.05) is 6.54 Å². The molecule has 0 aliphatic carbocycles. The molecular weight excluding hydrogens is 250 g/mol. The van der Waals surface area contributed by atoms with Crippen molar-refractivity contribution in [2.24, 2.45) is 5.41 Å². The van der Waals surface area contributed by atoms with E-state index in [9.17, 15) is 4.79 Å². The lowest BCUT2D eigenvalue weighted by molar-refractivity contribution is -0.157. The Morgan fingerprint density at radius 3 is 2.80 bits per heavy atom. The summed E-state index contributed by atoms with van der Waals surface area (Å²) in [7, 11) is 0. The molecule has 20 heavy (non-hydrogen) atoms. The molecule has 1 fully saturated rings. The van der Waals surface area contributed by atoms with Crippen LogP contribution >= 0.6 is 0 Å². The number of esters is 1. The molecule has 0 saturated carbocycles. The number of benzene rings is 1. The number of ether oxygens (including phenoxy) is 1. The van der Waals surface area contributed by atoms with Gasteiger partial charge < -0.3 is 10.1 Å². The molecule has 1 aromatic rings. The Morgan fingerprint density at radius 1 is 1.35 bits per heavy atom. The van der Waals surface area contributed by atoms with Gasteiger partial charge in [-0.3, -0.25) is 4.79 Å². The van der Waals surface area contributed by atoms with E-state index in [2.05, 4.69) is 29.6 Å². The fourth-order valence-corrected chi connectivity index (χ4v) is 3.02. The minimum absolute atomic E-state index is 0.0136. The van der Waals surface area contributed by atoms with Gasteiger partial charge in [0.25, 0.3) is 0 Å². The van der Waals surface area contributed by atoms with Gasteiger partial charge in [0.2, 0.25) is 0 Å². The largest absolute Gasteiger partial charge is 0.466 e. The highest BCUT2D eigenvalue weighted by molar-refractivity contribution is 5.77. The second-order valence-electron chi connectivity index (χ2n) is 5.62. The molecule has 0 spiro atoms. The average molecular weight is 275 g/mol. The molecule has 0 amide bonds. The summed E-state index contributed by atoms with van der Waals surface area (Å²) < 4.78 is 5.31. The summed E-state index contributed by atoms with van der Waals surface area (Å²) in [6.07, 6.45) is 4.98. The van der Waals surface area contributed by atoms with Crippen LogP contribution in [0.15, 0.2) is 30.3 Å². The maximum atomic E-state index is 12.3. The van der Waals surface area contributed by atoms with Crippen molar-refractivity contribution in [3.05, 3.63) is 35.9 Å². The van der Waals surface area contributed by atoms with Gasteiger partial charge in [0.05, 0.1) is 12.0 Å². The molecule has 0 bridgehead atoms. The zero-order valence-corrected chi connectivity index (χ0v) is 12.4. The first kappa shape index (κ1) is 15.0. The van der Waals surface area contributed by atoms with Crippen molar-refractivity contribution in [2.75, 3.05) is 19.7 Å². The number of hydrogen-bond donors (Lipinski definition) is 1. The number of carbonyl (C=O) groups excluding carboxylic acids is 1. The van der Waals surface area contributed by atoms with Gasteiger partial charge >= 0.3 is 5.97 Å². The Bertz CT molecular complexity index is 410. The monoisotopic (exact) mass is 275 g/mol. The standard InChI is InChI=1S/C17H25NO2/c1-2-20-16(19)17(12-7-13-18-14-17)11-6-10-15-8-4-3-5-9-15/h3-5,8-9,18H,2,6-7,10-14H2,1H3/t17-/m1/s1. The summed E-state index contributed by atoms with van der Waals surface area (Å²) in [6.45, 7) is 4.13. The number of aryl methyl sites for hydroxylation is 1. The fraction of sp³-hybridized carbons (Fsp3) is 0.588. The van der Waals surface area contributed by atoms with Crippen molar-refractivity contribution in [2.45, 2.75) is 39.0 Å². The summed E-state index contributed by atoms with van der Waals surface area (Å²) in [5.41, 5.74) is 1.04. The number of hydrogen-bond acceptors (Lipinski definition) is 3. The molecule has 3 heteroatoms. The minimum Gasteiger partial charge on any atom is -0.466 e.